The van der Waals surface area contributed by atoms with Crippen molar-refractivity contribution < 1.29 is 18.7 Å². The van der Waals surface area contributed by atoms with E-state index in [-0.39, 0.29) is 24.3 Å². The molecule has 1 saturated heterocycles. The van der Waals surface area contributed by atoms with Crippen LogP contribution < -0.4 is 10.6 Å². The molecule has 1 aliphatic rings. The number of hydrogen-bond acceptors (Lipinski definition) is 4. The van der Waals surface area contributed by atoms with Crippen LogP contribution in [0.1, 0.15) is 27.2 Å². The van der Waals surface area contributed by atoms with Crippen LogP contribution in [0.2, 0.25) is 0 Å². The van der Waals surface area contributed by atoms with E-state index in [1.165, 1.54) is 24.3 Å². The molecule has 0 aromatic heterocycles. The standard InChI is InChI=1S/C17H24FN3O3/c1-17(2,3)24-16(23)20-14-8-9-21(10-14)11-15(22)19-13-6-4-12(18)5-7-13/h4-7,14H,8-11H2,1-3H3,(H,19,22)(H,20,23). The van der Waals surface area contributed by atoms with E-state index < -0.39 is 11.7 Å². The molecule has 0 bridgehead atoms. The van der Waals surface area contributed by atoms with Crippen molar-refractivity contribution in [2.45, 2.75) is 38.8 Å². The van der Waals surface area contributed by atoms with Crippen LogP contribution in [0.15, 0.2) is 24.3 Å². The molecule has 1 atom stereocenters. The molecule has 2 rings (SSSR count). The van der Waals surface area contributed by atoms with Crippen molar-refractivity contribution in [1.82, 2.24) is 10.2 Å². The Labute approximate surface area is 141 Å². The summed E-state index contributed by atoms with van der Waals surface area (Å²) in [6, 6.07) is 5.60. The number of benzene rings is 1. The second-order valence-electron chi connectivity index (χ2n) is 6.92. The van der Waals surface area contributed by atoms with Gasteiger partial charge in [-0.15, -0.1) is 0 Å². The minimum Gasteiger partial charge on any atom is -0.444 e. The molecule has 2 amide bonds. The highest BCUT2D eigenvalue weighted by Gasteiger charge is 2.27. The SMILES string of the molecule is CC(C)(C)OC(=O)NC1CCN(CC(=O)Nc2ccc(F)cc2)C1. The maximum atomic E-state index is 12.8. The smallest absolute Gasteiger partial charge is 0.407 e. The van der Waals surface area contributed by atoms with Crippen molar-refractivity contribution in [2.24, 2.45) is 0 Å². The Hall–Kier alpha value is -2.15. The number of ether oxygens (including phenoxy) is 1. The second kappa shape index (κ2) is 7.61. The summed E-state index contributed by atoms with van der Waals surface area (Å²) >= 11 is 0. The Balaban J connectivity index is 1.74. The first-order valence-electron chi connectivity index (χ1n) is 7.98. The molecule has 0 radical (unpaired) electrons. The molecule has 0 aliphatic carbocycles. The lowest BCUT2D eigenvalue weighted by Gasteiger charge is -2.22. The van der Waals surface area contributed by atoms with Crippen molar-refractivity contribution >= 4 is 17.7 Å². The lowest BCUT2D eigenvalue weighted by molar-refractivity contribution is -0.117. The van der Waals surface area contributed by atoms with Gasteiger partial charge < -0.3 is 15.4 Å². The number of carbonyl (C=O) groups excluding carboxylic acids is 2. The van der Waals surface area contributed by atoms with Crippen molar-refractivity contribution in [2.75, 3.05) is 25.0 Å². The fourth-order valence-corrected chi connectivity index (χ4v) is 2.51. The highest BCUT2D eigenvalue weighted by Crippen LogP contribution is 2.12. The molecule has 0 saturated carbocycles. The third-order valence-electron chi connectivity index (χ3n) is 3.49. The molecular formula is C17H24FN3O3. The Morgan fingerprint density at radius 1 is 1.29 bits per heavy atom. The zero-order chi connectivity index (χ0) is 17.7. The summed E-state index contributed by atoms with van der Waals surface area (Å²) in [5, 5.41) is 5.54. The number of alkyl carbamates (subject to hydrolysis) is 1. The van der Waals surface area contributed by atoms with E-state index in [2.05, 4.69) is 10.6 Å². The van der Waals surface area contributed by atoms with Crippen molar-refractivity contribution in [1.29, 1.82) is 0 Å². The van der Waals surface area contributed by atoms with Gasteiger partial charge in [-0.3, -0.25) is 9.69 Å². The van der Waals surface area contributed by atoms with Crippen LogP contribution in [0.5, 0.6) is 0 Å². The van der Waals surface area contributed by atoms with Gasteiger partial charge in [-0.05, 0) is 51.5 Å². The number of likely N-dealkylation sites (tertiary alicyclic amines) is 1. The van der Waals surface area contributed by atoms with Crippen molar-refractivity contribution in [3.63, 3.8) is 0 Å². The maximum Gasteiger partial charge on any atom is 0.407 e. The van der Waals surface area contributed by atoms with Crippen LogP contribution in [0, 0.1) is 5.82 Å². The average molecular weight is 337 g/mol. The molecule has 6 nitrogen and oxygen atoms in total. The summed E-state index contributed by atoms with van der Waals surface area (Å²) in [5.41, 5.74) is 0.0289. The van der Waals surface area contributed by atoms with Gasteiger partial charge >= 0.3 is 6.09 Å². The molecule has 1 unspecified atom stereocenters. The Kier molecular flexibility index (Phi) is 5.77. The monoisotopic (exact) mass is 337 g/mol. The van der Waals surface area contributed by atoms with Gasteiger partial charge in [0.2, 0.25) is 5.91 Å². The van der Waals surface area contributed by atoms with Gasteiger partial charge in [-0.2, -0.15) is 0 Å². The summed E-state index contributed by atoms with van der Waals surface area (Å²) in [6.45, 7) is 6.98. The van der Waals surface area contributed by atoms with E-state index in [1.54, 1.807) is 0 Å². The summed E-state index contributed by atoms with van der Waals surface area (Å²) < 4.78 is 18.1. The third kappa shape index (κ3) is 6.16. The molecule has 2 N–H and O–H groups in total. The Morgan fingerprint density at radius 2 is 1.96 bits per heavy atom. The zero-order valence-electron chi connectivity index (χ0n) is 14.3. The minimum atomic E-state index is -0.530. The predicted octanol–water partition coefficient (Wildman–Crippen LogP) is 2.36. The molecule has 1 aromatic carbocycles. The summed E-state index contributed by atoms with van der Waals surface area (Å²) in [7, 11) is 0. The number of amides is 2. The molecule has 1 fully saturated rings. The van der Waals surface area contributed by atoms with Crippen LogP contribution in [-0.4, -0.2) is 48.2 Å². The van der Waals surface area contributed by atoms with E-state index in [9.17, 15) is 14.0 Å². The first-order valence-corrected chi connectivity index (χ1v) is 7.98. The summed E-state index contributed by atoms with van der Waals surface area (Å²) in [4.78, 5) is 25.7. The number of rotatable bonds is 4. The van der Waals surface area contributed by atoms with E-state index in [4.69, 9.17) is 4.74 Å². The minimum absolute atomic E-state index is 0.0292. The fourth-order valence-electron chi connectivity index (χ4n) is 2.51. The van der Waals surface area contributed by atoms with Crippen LogP contribution in [0.3, 0.4) is 0 Å². The Morgan fingerprint density at radius 3 is 2.58 bits per heavy atom. The largest absolute Gasteiger partial charge is 0.444 e. The lowest BCUT2D eigenvalue weighted by Crippen LogP contribution is -2.41. The second-order valence-corrected chi connectivity index (χ2v) is 6.92. The van der Waals surface area contributed by atoms with E-state index in [0.717, 1.165) is 13.0 Å². The third-order valence-corrected chi connectivity index (χ3v) is 3.49. The number of anilines is 1. The molecular weight excluding hydrogens is 313 g/mol. The first kappa shape index (κ1) is 18.2. The van der Waals surface area contributed by atoms with Gasteiger partial charge in [0.15, 0.2) is 0 Å². The molecule has 0 spiro atoms. The molecule has 7 heteroatoms. The number of halogens is 1. The number of carbonyl (C=O) groups is 2. The van der Waals surface area contributed by atoms with Gasteiger partial charge in [0.1, 0.15) is 11.4 Å². The predicted molar refractivity (Wildman–Crippen MR) is 89.2 cm³/mol. The number of hydrogen-bond donors (Lipinski definition) is 2. The van der Waals surface area contributed by atoms with Gasteiger partial charge in [0, 0.05) is 24.8 Å². The fraction of sp³-hybridized carbons (Fsp3) is 0.529. The van der Waals surface area contributed by atoms with Crippen molar-refractivity contribution in [3.05, 3.63) is 30.1 Å². The van der Waals surface area contributed by atoms with Gasteiger partial charge in [-0.1, -0.05) is 0 Å². The van der Waals surface area contributed by atoms with Crippen LogP contribution in [0.25, 0.3) is 0 Å². The molecule has 1 aromatic rings. The number of nitrogens with zero attached hydrogens (tertiary/aromatic N) is 1. The van der Waals surface area contributed by atoms with Crippen LogP contribution >= 0.6 is 0 Å². The van der Waals surface area contributed by atoms with E-state index in [1.807, 2.05) is 25.7 Å². The maximum absolute atomic E-state index is 12.8. The quantitative estimate of drug-likeness (QED) is 0.885. The van der Waals surface area contributed by atoms with Crippen LogP contribution in [0.4, 0.5) is 14.9 Å². The average Bonchev–Trinajstić information content (AvgIpc) is 2.86. The lowest BCUT2D eigenvalue weighted by atomic mass is 10.2. The zero-order valence-corrected chi connectivity index (χ0v) is 14.3. The number of nitrogens with one attached hydrogen (secondary N) is 2. The molecule has 1 aliphatic heterocycles. The van der Waals surface area contributed by atoms with Gasteiger partial charge in [0.05, 0.1) is 6.54 Å². The normalized spacial score (nSPS) is 18.2. The highest BCUT2D eigenvalue weighted by molar-refractivity contribution is 5.92. The van der Waals surface area contributed by atoms with Gasteiger partial charge in [0.25, 0.3) is 0 Å². The van der Waals surface area contributed by atoms with E-state index >= 15 is 0 Å². The molecule has 24 heavy (non-hydrogen) atoms. The Bertz CT molecular complexity index is 584. The highest BCUT2D eigenvalue weighted by atomic mass is 19.1. The topological polar surface area (TPSA) is 70.7 Å². The summed E-state index contributed by atoms with van der Waals surface area (Å²) in [6.07, 6.45) is 0.327. The molecule has 1 heterocycles. The van der Waals surface area contributed by atoms with Gasteiger partial charge in [-0.25, -0.2) is 9.18 Å². The van der Waals surface area contributed by atoms with E-state index in [0.29, 0.717) is 12.2 Å². The molecule has 132 valence electrons. The summed E-state index contributed by atoms with van der Waals surface area (Å²) in [5.74, 6) is -0.511. The van der Waals surface area contributed by atoms with Crippen molar-refractivity contribution in [3.8, 4) is 0 Å². The van der Waals surface area contributed by atoms with Crippen LogP contribution in [-0.2, 0) is 9.53 Å². The first-order chi connectivity index (χ1) is 11.2.